The van der Waals surface area contributed by atoms with Crippen molar-refractivity contribution in [2.75, 3.05) is 11.9 Å². The first-order valence-electron chi connectivity index (χ1n) is 6.09. The van der Waals surface area contributed by atoms with E-state index in [9.17, 15) is 0 Å². The van der Waals surface area contributed by atoms with Crippen LogP contribution >= 0.6 is 11.3 Å². The number of oxime groups is 1. The summed E-state index contributed by atoms with van der Waals surface area (Å²) in [6, 6.07) is 3.63. The highest BCUT2D eigenvalue weighted by molar-refractivity contribution is 7.09. The molecule has 0 bridgehead atoms. The Morgan fingerprint density at radius 1 is 1.40 bits per heavy atom. The van der Waals surface area contributed by atoms with Crippen LogP contribution in [0.25, 0.3) is 0 Å². The van der Waals surface area contributed by atoms with Crippen molar-refractivity contribution in [3.05, 3.63) is 39.5 Å². The number of anilines is 1. The minimum atomic E-state index is 0.0498. The fraction of sp³-hybridized carbons (Fsp3) is 0.308. The fourth-order valence-corrected chi connectivity index (χ4v) is 2.49. The molecule has 2 rings (SSSR count). The van der Waals surface area contributed by atoms with E-state index in [-0.39, 0.29) is 5.84 Å². The van der Waals surface area contributed by atoms with E-state index in [0.717, 1.165) is 16.4 Å². The van der Waals surface area contributed by atoms with Crippen LogP contribution in [0.3, 0.4) is 0 Å². The lowest BCUT2D eigenvalue weighted by molar-refractivity contribution is 0.318. The largest absolute Gasteiger partial charge is 0.409 e. The number of nitrogens with two attached hydrogens (primary N) is 1. The first-order valence-corrected chi connectivity index (χ1v) is 6.97. The van der Waals surface area contributed by atoms with E-state index in [4.69, 9.17) is 10.9 Å². The molecule has 106 valence electrons. The first-order chi connectivity index (χ1) is 9.51. The maximum atomic E-state index is 8.86. The van der Waals surface area contributed by atoms with Gasteiger partial charge in [0.25, 0.3) is 0 Å². The lowest BCUT2D eigenvalue weighted by Gasteiger charge is -2.20. The lowest BCUT2D eigenvalue weighted by Crippen LogP contribution is -2.24. The Kier molecular flexibility index (Phi) is 4.19. The number of amidine groups is 1. The summed E-state index contributed by atoms with van der Waals surface area (Å²) in [7, 11) is 1.91. The summed E-state index contributed by atoms with van der Waals surface area (Å²) in [4.78, 5) is 10.8. The van der Waals surface area contributed by atoms with Gasteiger partial charge in [-0.1, -0.05) is 5.16 Å². The maximum Gasteiger partial charge on any atom is 0.173 e. The number of nitrogens with zero attached hydrogens (tertiary/aromatic N) is 4. The number of aromatic nitrogens is 2. The zero-order chi connectivity index (χ0) is 14.7. The van der Waals surface area contributed by atoms with Crippen LogP contribution in [-0.2, 0) is 6.54 Å². The molecule has 2 aromatic rings. The van der Waals surface area contributed by atoms with Gasteiger partial charge in [-0.25, -0.2) is 9.97 Å². The van der Waals surface area contributed by atoms with Gasteiger partial charge in [-0.05, 0) is 26.0 Å². The third kappa shape index (κ3) is 3.05. The van der Waals surface area contributed by atoms with Crippen LogP contribution in [0.15, 0.2) is 22.7 Å². The Morgan fingerprint density at radius 2 is 2.15 bits per heavy atom. The minimum absolute atomic E-state index is 0.0498. The van der Waals surface area contributed by atoms with Crippen molar-refractivity contribution in [2.24, 2.45) is 10.9 Å². The van der Waals surface area contributed by atoms with Crippen LogP contribution in [0.5, 0.6) is 0 Å². The summed E-state index contributed by atoms with van der Waals surface area (Å²) in [5.74, 6) is 0.722. The van der Waals surface area contributed by atoms with E-state index in [1.807, 2.05) is 37.2 Å². The molecule has 0 aliphatic rings. The minimum Gasteiger partial charge on any atom is -0.409 e. The van der Waals surface area contributed by atoms with E-state index >= 15 is 0 Å². The molecule has 0 radical (unpaired) electrons. The van der Waals surface area contributed by atoms with Crippen LogP contribution in [0.2, 0.25) is 0 Å². The van der Waals surface area contributed by atoms with E-state index < -0.39 is 0 Å². The Hall–Kier alpha value is -2.15. The molecule has 0 fully saturated rings. The molecule has 20 heavy (non-hydrogen) atoms. The number of rotatable bonds is 4. The first kappa shape index (κ1) is 14.3. The van der Waals surface area contributed by atoms with Crippen LogP contribution in [0, 0.1) is 13.8 Å². The lowest BCUT2D eigenvalue weighted by atomic mass is 10.2. The van der Waals surface area contributed by atoms with Crippen molar-refractivity contribution in [1.82, 2.24) is 9.97 Å². The summed E-state index contributed by atoms with van der Waals surface area (Å²) in [5.41, 5.74) is 8.15. The number of hydrogen-bond donors (Lipinski definition) is 2. The fourth-order valence-electron chi connectivity index (χ4n) is 1.89. The number of pyridine rings is 1. The number of aryl methyl sites for hydroxylation is 2. The Balaban J connectivity index is 2.32. The molecule has 0 saturated carbocycles. The van der Waals surface area contributed by atoms with Gasteiger partial charge < -0.3 is 15.8 Å². The van der Waals surface area contributed by atoms with Gasteiger partial charge in [-0.15, -0.1) is 11.3 Å². The number of hydrogen-bond acceptors (Lipinski definition) is 6. The summed E-state index contributed by atoms with van der Waals surface area (Å²) in [6.07, 6.45) is 0. The molecular weight excluding hydrogens is 274 g/mol. The molecule has 0 atom stereocenters. The van der Waals surface area contributed by atoms with Crippen LogP contribution in [-0.4, -0.2) is 28.1 Å². The standard InChI is InChI=1S/C13H17N5OS/c1-8-4-5-11(12(14)17-19)13(15-8)18(3)6-10-7-20-9(2)16-10/h4-5,7,19H,6H2,1-3H3,(H2,14,17). The Labute approximate surface area is 121 Å². The van der Waals surface area contributed by atoms with Gasteiger partial charge in [0, 0.05) is 18.1 Å². The molecule has 7 heteroatoms. The molecule has 0 aromatic carbocycles. The second-order valence-electron chi connectivity index (χ2n) is 4.52. The maximum absolute atomic E-state index is 8.86. The van der Waals surface area contributed by atoms with Crippen molar-refractivity contribution in [3.63, 3.8) is 0 Å². The SMILES string of the molecule is Cc1ccc(C(N)=NO)c(N(C)Cc2csc(C)n2)n1. The molecule has 3 N–H and O–H groups in total. The van der Waals surface area contributed by atoms with Crippen molar-refractivity contribution in [3.8, 4) is 0 Å². The normalized spacial score (nSPS) is 11.7. The van der Waals surface area contributed by atoms with Gasteiger partial charge in [0.2, 0.25) is 0 Å². The summed E-state index contributed by atoms with van der Waals surface area (Å²) in [5, 5.41) is 15.0. The average molecular weight is 291 g/mol. The summed E-state index contributed by atoms with van der Waals surface area (Å²) in [6.45, 7) is 4.49. The van der Waals surface area contributed by atoms with Gasteiger partial charge in [-0.2, -0.15) is 0 Å². The van der Waals surface area contributed by atoms with Crippen LogP contribution in [0.4, 0.5) is 5.82 Å². The molecule has 0 amide bonds. The topological polar surface area (TPSA) is 87.6 Å². The summed E-state index contributed by atoms with van der Waals surface area (Å²) < 4.78 is 0. The predicted molar refractivity (Wildman–Crippen MR) is 80.4 cm³/mol. The van der Waals surface area contributed by atoms with Gasteiger partial charge in [0.05, 0.1) is 22.8 Å². The summed E-state index contributed by atoms with van der Waals surface area (Å²) >= 11 is 1.61. The number of thiazole rings is 1. The molecule has 6 nitrogen and oxygen atoms in total. The molecule has 2 heterocycles. The van der Waals surface area contributed by atoms with Gasteiger partial charge in [0.1, 0.15) is 5.82 Å². The predicted octanol–water partition coefficient (Wildman–Crippen LogP) is 1.89. The van der Waals surface area contributed by atoms with E-state index in [1.54, 1.807) is 17.4 Å². The van der Waals surface area contributed by atoms with Gasteiger partial charge in [0.15, 0.2) is 5.84 Å². The highest BCUT2D eigenvalue weighted by atomic mass is 32.1. The van der Waals surface area contributed by atoms with Crippen molar-refractivity contribution in [2.45, 2.75) is 20.4 Å². The smallest absolute Gasteiger partial charge is 0.173 e. The molecule has 0 spiro atoms. The van der Waals surface area contributed by atoms with Gasteiger partial charge >= 0.3 is 0 Å². The van der Waals surface area contributed by atoms with Crippen molar-refractivity contribution >= 4 is 23.0 Å². The molecule has 0 saturated heterocycles. The molecule has 0 aliphatic heterocycles. The second kappa shape index (κ2) is 5.87. The third-order valence-corrected chi connectivity index (χ3v) is 3.65. The van der Waals surface area contributed by atoms with Crippen LogP contribution < -0.4 is 10.6 Å². The average Bonchev–Trinajstić information content (AvgIpc) is 2.83. The zero-order valence-electron chi connectivity index (χ0n) is 11.7. The molecule has 2 aromatic heterocycles. The Bertz CT molecular complexity index is 637. The second-order valence-corrected chi connectivity index (χ2v) is 5.59. The highest BCUT2D eigenvalue weighted by Gasteiger charge is 2.14. The van der Waals surface area contributed by atoms with Crippen LogP contribution in [0.1, 0.15) is 22.0 Å². The zero-order valence-corrected chi connectivity index (χ0v) is 12.5. The van der Waals surface area contributed by atoms with E-state index in [1.165, 1.54) is 0 Å². The molecule has 0 aliphatic carbocycles. The van der Waals surface area contributed by atoms with E-state index in [0.29, 0.717) is 17.9 Å². The monoisotopic (exact) mass is 291 g/mol. The van der Waals surface area contributed by atoms with Gasteiger partial charge in [-0.3, -0.25) is 0 Å². The van der Waals surface area contributed by atoms with Crippen molar-refractivity contribution < 1.29 is 5.21 Å². The van der Waals surface area contributed by atoms with E-state index in [2.05, 4.69) is 15.1 Å². The highest BCUT2D eigenvalue weighted by Crippen LogP contribution is 2.20. The molecular formula is C13H17N5OS. The third-order valence-electron chi connectivity index (χ3n) is 2.83. The van der Waals surface area contributed by atoms with Crippen molar-refractivity contribution in [1.29, 1.82) is 0 Å². The molecule has 0 unspecified atom stereocenters. The Morgan fingerprint density at radius 3 is 2.75 bits per heavy atom. The quantitative estimate of drug-likeness (QED) is 0.389.